The van der Waals surface area contributed by atoms with Gasteiger partial charge >= 0.3 is 0 Å². The number of aliphatic hydroxyl groups is 1. The van der Waals surface area contributed by atoms with E-state index < -0.39 is 12.0 Å². The molecule has 0 aliphatic carbocycles. The van der Waals surface area contributed by atoms with Gasteiger partial charge in [-0.2, -0.15) is 5.10 Å². The number of anilines is 1. The average molecular weight is 434 g/mol. The van der Waals surface area contributed by atoms with Crippen molar-refractivity contribution in [3.05, 3.63) is 54.0 Å². The Morgan fingerprint density at radius 2 is 1.88 bits per heavy atom. The zero-order valence-electron chi connectivity index (χ0n) is 18.6. The number of nitrogens with zero attached hydrogens (tertiary/aromatic N) is 5. The quantitative estimate of drug-likeness (QED) is 0.435. The van der Waals surface area contributed by atoms with E-state index in [-0.39, 0.29) is 16.6 Å². The second kappa shape index (κ2) is 7.48. The van der Waals surface area contributed by atoms with Crippen LogP contribution in [0.15, 0.2) is 42.9 Å². The lowest BCUT2D eigenvalue weighted by Gasteiger charge is -2.24. The van der Waals surface area contributed by atoms with Gasteiger partial charge in [0, 0.05) is 18.0 Å². The zero-order chi connectivity index (χ0) is 23.4. The number of nitrogen functional groups attached to an aromatic ring is 1. The fourth-order valence-electron chi connectivity index (χ4n) is 3.71. The standard InChI is InChI=1S/C20H23B3F2N6O/c1-10-3-4-11(19(2,32)18(24)25)7-12(10)15-8-27-17-16(26)29-13(9-30(15)17)14-5-6-28-31(14)20(21,22)23/h3-9,18,32H,21-23H2,1-2H3,(H2,26,29). The lowest BCUT2D eigenvalue weighted by molar-refractivity contribution is -0.0883. The van der Waals surface area contributed by atoms with E-state index in [0.717, 1.165) is 18.2 Å². The molecular weight excluding hydrogens is 411 g/mol. The molecule has 32 heavy (non-hydrogen) atoms. The van der Waals surface area contributed by atoms with Gasteiger partial charge in [-0.1, -0.05) is 12.1 Å². The first-order valence-electron chi connectivity index (χ1n) is 10.2. The first kappa shape index (κ1) is 22.1. The highest BCUT2D eigenvalue weighted by molar-refractivity contribution is 6.56. The number of hydrogen-bond donors (Lipinski definition) is 2. The monoisotopic (exact) mass is 434 g/mol. The number of aryl methyl sites for hydroxylation is 1. The molecule has 0 aliphatic rings. The van der Waals surface area contributed by atoms with Crippen molar-refractivity contribution in [2.24, 2.45) is 0 Å². The summed E-state index contributed by atoms with van der Waals surface area (Å²) in [4.78, 5) is 8.92. The summed E-state index contributed by atoms with van der Waals surface area (Å²) in [6.07, 6.45) is 2.22. The van der Waals surface area contributed by atoms with Crippen LogP contribution in [0.3, 0.4) is 0 Å². The lowest BCUT2D eigenvalue weighted by atomic mass is 9.49. The maximum Gasteiger partial charge on any atom is 0.270 e. The summed E-state index contributed by atoms with van der Waals surface area (Å²) in [5, 5.41) is 14.5. The van der Waals surface area contributed by atoms with Crippen LogP contribution in [0.4, 0.5) is 14.6 Å². The van der Waals surface area contributed by atoms with Crippen molar-refractivity contribution in [3.63, 3.8) is 0 Å². The minimum atomic E-state index is -2.93. The Bertz CT molecular complexity index is 1310. The molecule has 3 heterocycles. The van der Waals surface area contributed by atoms with Crippen LogP contribution >= 0.6 is 0 Å². The Morgan fingerprint density at radius 1 is 1.16 bits per heavy atom. The van der Waals surface area contributed by atoms with E-state index in [9.17, 15) is 13.9 Å². The van der Waals surface area contributed by atoms with Crippen LogP contribution in [-0.4, -0.2) is 59.2 Å². The van der Waals surface area contributed by atoms with Crippen LogP contribution < -0.4 is 5.73 Å². The lowest BCUT2D eigenvalue weighted by Crippen LogP contribution is -2.36. The number of fused-ring (bicyclic) bond motifs is 1. The average Bonchev–Trinajstić information content (AvgIpc) is 3.35. The van der Waals surface area contributed by atoms with E-state index in [1.807, 2.05) is 47.4 Å². The van der Waals surface area contributed by atoms with Gasteiger partial charge in [0.15, 0.2) is 11.5 Å². The Hall–Kier alpha value is -3.14. The molecule has 0 bridgehead atoms. The number of rotatable bonds is 5. The normalized spacial score (nSPS) is 14.2. The van der Waals surface area contributed by atoms with Gasteiger partial charge in [-0.3, -0.25) is 9.08 Å². The summed E-state index contributed by atoms with van der Waals surface area (Å²) >= 11 is 0. The number of aromatic nitrogens is 5. The highest BCUT2D eigenvalue weighted by Crippen LogP contribution is 2.34. The van der Waals surface area contributed by atoms with E-state index in [0.29, 0.717) is 22.6 Å². The van der Waals surface area contributed by atoms with Crippen LogP contribution in [0.25, 0.3) is 28.3 Å². The minimum Gasteiger partial charge on any atom is -0.381 e. The fraction of sp³-hybridized carbons (Fsp3) is 0.250. The van der Waals surface area contributed by atoms with Gasteiger partial charge in [-0.25, -0.2) is 18.7 Å². The molecule has 0 fully saturated rings. The molecule has 7 nitrogen and oxygen atoms in total. The predicted octanol–water partition coefficient (Wildman–Crippen LogP) is 0.0901. The first-order chi connectivity index (χ1) is 14.9. The van der Waals surface area contributed by atoms with Gasteiger partial charge < -0.3 is 10.8 Å². The second-order valence-corrected chi connectivity index (χ2v) is 9.13. The van der Waals surface area contributed by atoms with Gasteiger partial charge in [0.05, 0.1) is 17.6 Å². The highest BCUT2D eigenvalue weighted by Gasteiger charge is 2.34. The number of hydrogen-bond acceptors (Lipinski definition) is 5. The third-order valence-corrected chi connectivity index (χ3v) is 5.58. The number of halogens is 2. The highest BCUT2D eigenvalue weighted by atomic mass is 19.3. The molecule has 4 rings (SSSR count). The number of nitrogens with two attached hydrogens (primary N) is 1. The Kier molecular flexibility index (Phi) is 5.16. The van der Waals surface area contributed by atoms with Crippen molar-refractivity contribution in [1.29, 1.82) is 0 Å². The van der Waals surface area contributed by atoms with Gasteiger partial charge in [0.25, 0.3) is 6.43 Å². The molecule has 12 heteroatoms. The van der Waals surface area contributed by atoms with Crippen molar-refractivity contribution >= 4 is 35.0 Å². The molecule has 0 aliphatic heterocycles. The molecule has 0 saturated carbocycles. The van der Waals surface area contributed by atoms with Crippen LogP contribution in [0, 0.1) is 6.92 Å². The third kappa shape index (κ3) is 3.58. The van der Waals surface area contributed by atoms with Crippen LogP contribution in [-0.2, 0) is 10.8 Å². The Balaban J connectivity index is 1.93. The minimum absolute atomic E-state index is 0.121. The summed E-state index contributed by atoms with van der Waals surface area (Å²) in [5.74, 6) is 0.240. The molecule has 0 amide bonds. The van der Waals surface area contributed by atoms with E-state index in [4.69, 9.17) is 5.73 Å². The molecular formula is C20H23B3F2N6O. The Labute approximate surface area is 186 Å². The molecule has 1 aromatic carbocycles. The second-order valence-electron chi connectivity index (χ2n) is 9.13. The summed E-state index contributed by atoms with van der Waals surface area (Å²) in [7, 11) is 6.12. The predicted molar refractivity (Wildman–Crippen MR) is 128 cm³/mol. The molecule has 1 unspecified atom stereocenters. The molecule has 3 N–H and O–H groups in total. The molecule has 4 aromatic rings. The molecule has 0 spiro atoms. The van der Waals surface area contributed by atoms with Gasteiger partial charge in [-0.15, -0.1) is 0 Å². The smallest absolute Gasteiger partial charge is 0.270 e. The molecule has 0 radical (unpaired) electrons. The van der Waals surface area contributed by atoms with Gasteiger partial charge in [-0.05, 0) is 42.3 Å². The van der Waals surface area contributed by atoms with E-state index in [2.05, 4.69) is 15.1 Å². The summed E-state index contributed by atoms with van der Waals surface area (Å²) in [6.45, 7) is 2.98. The molecule has 162 valence electrons. The number of imidazole rings is 1. The zero-order valence-corrected chi connectivity index (χ0v) is 18.6. The fourth-order valence-corrected chi connectivity index (χ4v) is 3.71. The summed E-state index contributed by atoms with van der Waals surface area (Å²) < 4.78 is 30.5. The molecule has 1 atom stereocenters. The molecule has 3 aromatic heterocycles. The van der Waals surface area contributed by atoms with Crippen molar-refractivity contribution in [2.75, 3.05) is 5.73 Å². The van der Waals surface area contributed by atoms with Crippen LogP contribution in [0.1, 0.15) is 18.1 Å². The van der Waals surface area contributed by atoms with Crippen molar-refractivity contribution in [1.82, 2.24) is 24.1 Å². The van der Waals surface area contributed by atoms with E-state index >= 15 is 0 Å². The SMILES string of the molecule is BC(B)(B)n1nccc1-c1cn2c(-c3cc(C(C)(O)C(F)F)ccc3C)cnc2c(N)n1. The third-order valence-electron chi connectivity index (χ3n) is 5.58. The summed E-state index contributed by atoms with van der Waals surface area (Å²) in [5.41, 5.74) is 8.09. The maximum atomic E-state index is 13.4. The topological polar surface area (TPSA) is 94.3 Å². The van der Waals surface area contributed by atoms with E-state index in [1.54, 1.807) is 28.9 Å². The van der Waals surface area contributed by atoms with Crippen molar-refractivity contribution < 1.29 is 13.9 Å². The van der Waals surface area contributed by atoms with E-state index in [1.165, 1.54) is 6.07 Å². The van der Waals surface area contributed by atoms with Crippen molar-refractivity contribution in [2.45, 2.75) is 31.1 Å². The number of benzene rings is 1. The van der Waals surface area contributed by atoms with Crippen LogP contribution in [0.5, 0.6) is 0 Å². The first-order valence-corrected chi connectivity index (χ1v) is 10.2. The largest absolute Gasteiger partial charge is 0.381 e. The van der Waals surface area contributed by atoms with Gasteiger partial charge in [0.2, 0.25) is 0 Å². The van der Waals surface area contributed by atoms with Crippen LogP contribution in [0.2, 0.25) is 0 Å². The number of alkyl halides is 2. The molecule has 0 saturated heterocycles. The Morgan fingerprint density at radius 3 is 2.53 bits per heavy atom. The maximum absolute atomic E-state index is 13.4. The summed E-state index contributed by atoms with van der Waals surface area (Å²) in [6, 6.07) is 6.65. The van der Waals surface area contributed by atoms with Gasteiger partial charge in [0.1, 0.15) is 34.8 Å². The van der Waals surface area contributed by atoms with Crippen molar-refractivity contribution in [3.8, 4) is 22.6 Å².